The van der Waals surface area contributed by atoms with E-state index in [1.165, 1.54) is 0 Å². The highest BCUT2D eigenvalue weighted by molar-refractivity contribution is 6.12. The van der Waals surface area contributed by atoms with Gasteiger partial charge < -0.3 is 19.2 Å². The van der Waals surface area contributed by atoms with E-state index in [0.29, 0.717) is 45.2 Å². The van der Waals surface area contributed by atoms with Crippen molar-refractivity contribution < 1.29 is 18.7 Å². The van der Waals surface area contributed by atoms with Crippen LogP contribution in [0.5, 0.6) is 11.5 Å². The number of anilines is 1. The van der Waals surface area contributed by atoms with Crippen molar-refractivity contribution >= 4 is 22.6 Å². The summed E-state index contributed by atoms with van der Waals surface area (Å²) in [5.74, 6) is 1.43. The summed E-state index contributed by atoms with van der Waals surface area (Å²) >= 11 is 0. The highest BCUT2D eigenvalue weighted by Crippen LogP contribution is 2.29. The monoisotopic (exact) mass is 406 g/mol. The van der Waals surface area contributed by atoms with Crippen LogP contribution < -0.4 is 14.8 Å². The average molecular weight is 406 g/mol. The number of hydrogen-bond donors (Lipinski definition) is 1. The summed E-state index contributed by atoms with van der Waals surface area (Å²) in [7, 11) is 3.12. The Morgan fingerprint density at radius 1 is 1.13 bits per heavy atom. The van der Waals surface area contributed by atoms with Gasteiger partial charge in [0, 0.05) is 29.9 Å². The number of furan rings is 1. The lowest BCUT2D eigenvalue weighted by molar-refractivity contribution is 0.102. The van der Waals surface area contributed by atoms with E-state index in [1.54, 1.807) is 67.8 Å². The molecule has 154 valence electrons. The molecule has 0 aliphatic rings. The zero-order valence-corrected chi connectivity index (χ0v) is 17.2. The molecule has 0 spiro atoms. The van der Waals surface area contributed by atoms with Gasteiger partial charge in [0.05, 0.1) is 37.6 Å². The van der Waals surface area contributed by atoms with Crippen LogP contribution in [0.4, 0.5) is 5.69 Å². The Bertz CT molecular complexity index is 1170. The number of ether oxygens (including phenoxy) is 2. The topological polar surface area (TPSA) is 91.4 Å². The zero-order valence-electron chi connectivity index (χ0n) is 17.2. The number of nitrogens with one attached hydrogen (secondary N) is 1. The second-order valence-electron chi connectivity index (χ2n) is 7.01. The van der Waals surface area contributed by atoms with E-state index in [2.05, 4.69) is 10.4 Å². The van der Waals surface area contributed by atoms with Gasteiger partial charge >= 0.3 is 0 Å². The Hall–Kier alpha value is -3.81. The normalized spacial score (nSPS) is 11.1. The first-order valence-corrected chi connectivity index (χ1v) is 9.46. The van der Waals surface area contributed by atoms with Gasteiger partial charge in [-0.1, -0.05) is 0 Å². The summed E-state index contributed by atoms with van der Waals surface area (Å²) in [5, 5.41) is 8.00. The Kier molecular flexibility index (Phi) is 5.14. The van der Waals surface area contributed by atoms with Crippen LogP contribution in [0.25, 0.3) is 22.5 Å². The zero-order chi connectivity index (χ0) is 21.3. The van der Waals surface area contributed by atoms with E-state index in [1.807, 2.05) is 13.8 Å². The molecule has 0 atom stereocenters. The molecular weight excluding hydrogens is 384 g/mol. The number of amides is 1. The van der Waals surface area contributed by atoms with E-state index in [9.17, 15) is 4.79 Å². The first-order chi connectivity index (χ1) is 14.5. The SMILES string of the molecule is COc1cc(NC(=O)c2cc(-c3ccco3)nc3c2cnn3C(C)C)cc(OC)c1. The molecular formula is C22H22N4O4. The van der Waals surface area contributed by atoms with Crippen molar-refractivity contribution in [2.45, 2.75) is 19.9 Å². The molecule has 4 rings (SSSR count). The van der Waals surface area contributed by atoms with Gasteiger partial charge in [-0.05, 0) is 32.0 Å². The third-order valence-electron chi connectivity index (χ3n) is 4.68. The number of hydrogen-bond acceptors (Lipinski definition) is 6. The first-order valence-electron chi connectivity index (χ1n) is 9.46. The van der Waals surface area contributed by atoms with Crippen molar-refractivity contribution in [3.8, 4) is 23.0 Å². The predicted molar refractivity (Wildman–Crippen MR) is 113 cm³/mol. The number of rotatable bonds is 6. The van der Waals surface area contributed by atoms with E-state index in [-0.39, 0.29) is 11.9 Å². The summed E-state index contributed by atoms with van der Waals surface area (Å²) < 4.78 is 17.9. The fourth-order valence-corrected chi connectivity index (χ4v) is 3.21. The van der Waals surface area contributed by atoms with Crippen molar-refractivity contribution in [1.82, 2.24) is 14.8 Å². The van der Waals surface area contributed by atoms with E-state index in [0.717, 1.165) is 0 Å². The van der Waals surface area contributed by atoms with Crippen LogP contribution in [0.1, 0.15) is 30.2 Å². The van der Waals surface area contributed by atoms with Crippen LogP contribution in [0, 0.1) is 0 Å². The molecule has 8 nitrogen and oxygen atoms in total. The van der Waals surface area contributed by atoms with Gasteiger partial charge in [-0.2, -0.15) is 5.10 Å². The summed E-state index contributed by atoms with van der Waals surface area (Å²) in [5.41, 5.74) is 2.17. The molecule has 0 saturated carbocycles. The van der Waals surface area contributed by atoms with Crippen molar-refractivity contribution in [2.75, 3.05) is 19.5 Å². The molecule has 4 aromatic rings. The highest BCUT2D eigenvalue weighted by Gasteiger charge is 2.20. The Labute approximate surface area is 173 Å². The molecule has 0 unspecified atom stereocenters. The van der Waals surface area contributed by atoms with E-state index in [4.69, 9.17) is 18.9 Å². The van der Waals surface area contributed by atoms with Crippen LogP contribution in [0.15, 0.2) is 53.3 Å². The van der Waals surface area contributed by atoms with Gasteiger partial charge in [0.15, 0.2) is 11.4 Å². The van der Waals surface area contributed by atoms with E-state index >= 15 is 0 Å². The highest BCUT2D eigenvalue weighted by atomic mass is 16.5. The number of pyridine rings is 1. The Morgan fingerprint density at radius 3 is 2.47 bits per heavy atom. The molecule has 0 fully saturated rings. The standard InChI is InChI=1S/C22H22N4O4/c1-13(2)26-21-18(12-23-26)17(11-19(25-21)20-6-5-7-30-20)22(27)24-14-8-15(28-3)10-16(9-14)29-4/h5-13H,1-4H3,(H,24,27). The number of carbonyl (C=O) groups is 1. The Balaban J connectivity index is 1.80. The van der Waals surface area contributed by atoms with Crippen LogP contribution in [-0.4, -0.2) is 34.9 Å². The number of methoxy groups -OCH3 is 2. The maximum absolute atomic E-state index is 13.2. The van der Waals surface area contributed by atoms with E-state index < -0.39 is 0 Å². The second-order valence-corrected chi connectivity index (χ2v) is 7.01. The molecule has 0 radical (unpaired) electrons. The number of aromatic nitrogens is 3. The number of nitrogens with zero attached hydrogens (tertiary/aromatic N) is 3. The fraction of sp³-hybridized carbons (Fsp3) is 0.227. The molecule has 0 saturated heterocycles. The third-order valence-corrected chi connectivity index (χ3v) is 4.68. The van der Waals surface area contributed by atoms with Gasteiger partial charge in [-0.15, -0.1) is 0 Å². The molecule has 1 amide bonds. The first kappa shape index (κ1) is 19.5. The summed E-state index contributed by atoms with van der Waals surface area (Å²) in [4.78, 5) is 17.9. The maximum Gasteiger partial charge on any atom is 0.256 e. The lowest BCUT2D eigenvalue weighted by Gasteiger charge is -2.12. The van der Waals surface area contributed by atoms with Gasteiger partial charge in [-0.3, -0.25) is 4.79 Å². The summed E-state index contributed by atoms with van der Waals surface area (Å²) in [6.45, 7) is 4.02. The van der Waals surface area contributed by atoms with Crippen molar-refractivity contribution in [3.05, 3.63) is 54.4 Å². The number of carbonyl (C=O) groups excluding carboxylic acids is 1. The molecule has 1 N–H and O–H groups in total. The minimum atomic E-state index is -0.297. The number of benzene rings is 1. The van der Waals surface area contributed by atoms with Gasteiger partial charge in [0.25, 0.3) is 5.91 Å². The van der Waals surface area contributed by atoms with Crippen molar-refractivity contribution in [1.29, 1.82) is 0 Å². The predicted octanol–water partition coefficient (Wildman–Crippen LogP) is 4.54. The largest absolute Gasteiger partial charge is 0.497 e. The van der Waals surface area contributed by atoms with Crippen LogP contribution in [0.2, 0.25) is 0 Å². The smallest absolute Gasteiger partial charge is 0.256 e. The van der Waals surface area contributed by atoms with Gasteiger partial charge in [-0.25, -0.2) is 9.67 Å². The average Bonchev–Trinajstić information content (AvgIpc) is 3.42. The molecule has 8 heteroatoms. The third kappa shape index (κ3) is 3.59. The minimum Gasteiger partial charge on any atom is -0.497 e. The maximum atomic E-state index is 13.2. The lowest BCUT2D eigenvalue weighted by atomic mass is 10.1. The quantitative estimate of drug-likeness (QED) is 0.505. The molecule has 0 aliphatic carbocycles. The second kappa shape index (κ2) is 7.90. The molecule has 0 aliphatic heterocycles. The van der Waals surface area contributed by atoms with Gasteiger partial charge in [0.2, 0.25) is 0 Å². The molecule has 1 aromatic carbocycles. The summed E-state index contributed by atoms with van der Waals surface area (Å²) in [6.07, 6.45) is 3.23. The molecule has 3 heterocycles. The molecule has 3 aromatic heterocycles. The van der Waals surface area contributed by atoms with Crippen LogP contribution in [-0.2, 0) is 0 Å². The summed E-state index contributed by atoms with van der Waals surface area (Å²) in [6, 6.07) is 10.6. The minimum absolute atomic E-state index is 0.0837. The van der Waals surface area contributed by atoms with Crippen molar-refractivity contribution in [3.63, 3.8) is 0 Å². The molecule has 0 bridgehead atoms. The van der Waals surface area contributed by atoms with Crippen LogP contribution in [0.3, 0.4) is 0 Å². The fourth-order valence-electron chi connectivity index (χ4n) is 3.21. The number of fused-ring (bicyclic) bond motifs is 1. The van der Waals surface area contributed by atoms with Crippen LogP contribution >= 0.6 is 0 Å². The lowest BCUT2D eigenvalue weighted by Crippen LogP contribution is -2.13. The van der Waals surface area contributed by atoms with Crippen molar-refractivity contribution in [2.24, 2.45) is 0 Å². The molecule has 30 heavy (non-hydrogen) atoms. The Morgan fingerprint density at radius 2 is 1.87 bits per heavy atom. The van der Waals surface area contributed by atoms with Gasteiger partial charge in [0.1, 0.15) is 17.2 Å².